The van der Waals surface area contributed by atoms with E-state index < -0.39 is 11.6 Å². The minimum Gasteiger partial charge on any atom is -0.481 e. The summed E-state index contributed by atoms with van der Waals surface area (Å²) in [4.78, 5) is 13.3. The van der Waals surface area contributed by atoms with E-state index in [0.717, 1.165) is 12.1 Å². The number of nitrogens with zero attached hydrogens (tertiary/aromatic N) is 2. The van der Waals surface area contributed by atoms with Crippen molar-refractivity contribution in [1.82, 2.24) is 4.90 Å². The molecule has 1 amide bonds. The van der Waals surface area contributed by atoms with Crippen LogP contribution in [0.1, 0.15) is 13.8 Å². The fourth-order valence-electron chi connectivity index (χ4n) is 1.60. The van der Waals surface area contributed by atoms with E-state index in [9.17, 15) is 13.6 Å². The molecule has 0 saturated carbocycles. The summed E-state index contributed by atoms with van der Waals surface area (Å²) >= 11 is 0. The third-order valence-electron chi connectivity index (χ3n) is 2.69. The average molecular weight is 282 g/mol. The van der Waals surface area contributed by atoms with Crippen LogP contribution >= 0.6 is 0 Å². The van der Waals surface area contributed by atoms with Crippen molar-refractivity contribution in [2.45, 2.75) is 13.8 Å². The minimum absolute atomic E-state index is 0.177. The van der Waals surface area contributed by atoms with Gasteiger partial charge in [-0.3, -0.25) is 4.79 Å². The molecule has 108 valence electrons. The summed E-state index contributed by atoms with van der Waals surface area (Å²) in [5.41, 5.74) is 0. The maximum absolute atomic E-state index is 13.3. The van der Waals surface area contributed by atoms with E-state index in [2.05, 4.69) is 0 Å². The van der Waals surface area contributed by atoms with Crippen molar-refractivity contribution in [3.8, 4) is 11.8 Å². The summed E-state index contributed by atoms with van der Waals surface area (Å²) in [5.74, 6) is -2.38. The summed E-state index contributed by atoms with van der Waals surface area (Å²) in [6.07, 6.45) is 0. The van der Waals surface area contributed by atoms with Crippen LogP contribution in [-0.4, -0.2) is 30.5 Å². The quantitative estimate of drug-likeness (QED) is 0.804. The number of ether oxygens (including phenoxy) is 1. The maximum Gasteiger partial charge on any atom is 0.260 e. The van der Waals surface area contributed by atoms with E-state index in [1.807, 2.05) is 6.07 Å². The maximum atomic E-state index is 13.3. The standard InChI is InChI=1S/C14H16F2N2O2/c1-3-18(8-10(2)7-17)14(19)9-20-13-5-4-11(15)6-12(13)16/h4-6,10H,3,8-9H2,1-2H3/t10-/m1/s1. The predicted octanol–water partition coefficient (Wildman–Crippen LogP) is 2.35. The molecule has 4 nitrogen and oxygen atoms in total. The van der Waals surface area contributed by atoms with Gasteiger partial charge in [-0.25, -0.2) is 8.78 Å². The lowest BCUT2D eigenvalue weighted by atomic mass is 10.2. The van der Waals surface area contributed by atoms with E-state index in [4.69, 9.17) is 10.00 Å². The number of carbonyl (C=O) groups is 1. The topological polar surface area (TPSA) is 53.3 Å². The van der Waals surface area contributed by atoms with Crippen LogP contribution in [0.25, 0.3) is 0 Å². The number of halogens is 2. The summed E-state index contributed by atoms with van der Waals surface area (Å²) in [6.45, 7) is 3.85. The van der Waals surface area contributed by atoms with Crippen LogP contribution in [-0.2, 0) is 4.79 Å². The second-order valence-corrected chi connectivity index (χ2v) is 4.33. The van der Waals surface area contributed by atoms with Gasteiger partial charge in [-0.05, 0) is 26.0 Å². The molecule has 0 aromatic heterocycles. The molecule has 1 aromatic rings. The molecule has 1 aromatic carbocycles. The first-order valence-electron chi connectivity index (χ1n) is 6.23. The van der Waals surface area contributed by atoms with Crippen molar-refractivity contribution in [1.29, 1.82) is 5.26 Å². The number of likely N-dealkylation sites (N-methyl/N-ethyl adjacent to an activating group) is 1. The molecule has 1 rings (SSSR count). The number of nitriles is 1. The second kappa shape index (κ2) is 7.43. The summed E-state index contributed by atoms with van der Waals surface area (Å²) in [7, 11) is 0. The van der Waals surface area contributed by atoms with Crippen LogP contribution in [0.3, 0.4) is 0 Å². The molecule has 0 fully saturated rings. The summed E-state index contributed by atoms with van der Waals surface area (Å²) in [6, 6.07) is 4.91. The molecule has 0 radical (unpaired) electrons. The normalized spacial score (nSPS) is 11.6. The van der Waals surface area contributed by atoms with Crippen molar-refractivity contribution in [2.75, 3.05) is 19.7 Å². The summed E-state index contributed by atoms with van der Waals surface area (Å²) < 4.78 is 31.1. The van der Waals surface area contributed by atoms with Gasteiger partial charge in [0.15, 0.2) is 18.2 Å². The Kier molecular flexibility index (Phi) is 5.91. The van der Waals surface area contributed by atoms with Gasteiger partial charge in [0, 0.05) is 19.2 Å². The molecule has 0 heterocycles. The molecule has 1 atom stereocenters. The van der Waals surface area contributed by atoms with Crippen molar-refractivity contribution < 1.29 is 18.3 Å². The fourth-order valence-corrected chi connectivity index (χ4v) is 1.60. The van der Waals surface area contributed by atoms with Gasteiger partial charge in [0.1, 0.15) is 5.82 Å². The molecule has 0 aliphatic rings. The third kappa shape index (κ3) is 4.50. The van der Waals surface area contributed by atoms with Gasteiger partial charge in [-0.15, -0.1) is 0 Å². The Balaban J connectivity index is 2.59. The third-order valence-corrected chi connectivity index (χ3v) is 2.69. The van der Waals surface area contributed by atoms with Crippen molar-refractivity contribution in [3.05, 3.63) is 29.8 Å². The lowest BCUT2D eigenvalue weighted by molar-refractivity contribution is -0.133. The molecule has 6 heteroatoms. The molecular weight excluding hydrogens is 266 g/mol. The van der Waals surface area contributed by atoms with E-state index >= 15 is 0 Å². The Morgan fingerprint density at radius 1 is 1.50 bits per heavy atom. The van der Waals surface area contributed by atoms with Crippen LogP contribution in [0, 0.1) is 28.9 Å². The lowest BCUT2D eigenvalue weighted by Crippen LogP contribution is -2.37. The first kappa shape index (κ1) is 15.9. The Labute approximate surface area is 116 Å². The molecule has 0 unspecified atom stereocenters. The SMILES string of the molecule is CCN(C[C@H](C)C#N)C(=O)COc1ccc(F)cc1F. The van der Waals surface area contributed by atoms with Gasteiger partial charge in [0.25, 0.3) is 5.91 Å². The molecule has 20 heavy (non-hydrogen) atoms. The Bertz CT molecular complexity index is 514. The molecular formula is C14H16F2N2O2. The van der Waals surface area contributed by atoms with E-state index in [-0.39, 0.29) is 24.2 Å². The average Bonchev–Trinajstić information content (AvgIpc) is 2.43. The number of amides is 1. The van der Waals surface area contributed by atoms with E-state index in [0.29, 0.717) is 19.2 Å². The molecule has 0 aliphatic carbocycles. The number of carbonyl (C=O) groups excluding carboxylic acids is 1. The summed E-state index contributed by atoms with van der Waals surface area (Å²) in [5, 5.41) is 8.73. The highest BCUT2D eigenvalue weighted by molar-refractivity contribution is 5.77. The zero-order valence-corrected chi connectivity index (χ0v) is 11.4. The number of rotatable bonds is 6. The van der Waals surface area contributed by atoms with Crippen LogP contribution < -0.4 is 4.74 Å². The van der Waals surface area contributed by atoms with Gasteiger partial charge < -0.3 is 9.64 Å². The van der Waals surface area contributed by atoms with Crippen LogP contribution in [0.4, 0.5) is 8.78 Å². The molecule has 0 spiro atoms. The smallest absolute Gasteiger partial charge is 0.260 e. The fraction of sp³-hybridized carbons (Fsp3) is 0.429. The van der Waals surface area contributed by atoms with Gasteiger partial charge in [0.2, 0.25) is 0 Å². The van der Waals surface area contributed by atoms with Gasteiger partial charge >= 0.3 is 0 Å². The molecule has 0 N–H and O–H groups in total. The zero-order valence-electron chi connectivity index (χ0n) is 11.4. The van der Waals surface area contributed by atoms with Crippen LogP contribution in [0.5, 0.6) is 5.75 Å². The highest BCUT2D eigenvalue weighted by Gasteiger charge is 2.16. The van der Waals surface area contributed by atoms with Gasteiger partial charge in [0.05, 0.1) is 12.0 Å². The van der Waals surface area contributed by atoms with Crippen LogP contribution in [0.15, 0.2) is 18.2 Å². The van der Waals surface area contributed by atoms with E-state index in [1.165, 1.54) is 4.90 Å². The second-order valence-electron chi connectivity index (χ2n) is 4.33. The highest BCUT2D eigenvalue weighted by Crippen LogP contribution is 2.17. The van der Waals surface area contributed by atoms with Gasteiger partial charge in [-0.1, -0.05) is 0 Å². The predicted molar refractivity (Wildman–Crippen MR) is 68.9 cm³/mol. The van der Waals surface area contributed by atoms with Gasteiger partial charge in [-0.2, -0.15) is 5.26 Å². The van der Waals surface area contributed by atoms with Crippen molar-refractivity contribution >= 4 is 5.91 Å². The number of benzene rings is 1. The van der Waals surface area contributed by atoms with Crippen molar-refractivity contribution in [2.24, 2.45) is 5.92 Å². The molecule has 0 bridgehead atoms. The van der Waals surface area contributed by atoms with Crippen molar-refractivity contribution in [3.63, 3.8) is 0 Å². The molecule has 0 saturated heterocycles. The highest BCUT2D eigenvalue weighted by atomic mass is 19.1. The Hall–Kier alpha value is -2.16. The Morgan fingerprint density at radius 3 is 2.75 bits per heavy atom. The van der Waals surface area contributed by atoms with Crippen LogP contribution in [0.2, 0.25) is 0 Å². The van der Waals surface area contributed by atoms with E-state index in [1.54, 1.807) is 13.8 Å². The Morgan fingerprint density at radius 2 is 2.20 bits per heavy atom. The minimum atomic E-state index is -0.855. The number of hydrogen-bond donors (Lipinski definition) is 0. The largest absolute Gasteiger partial charge is 0.481 e. The monoisotopic (exact) mass is 282 g/mol. The first-order chi connectivity index (χ1) is 9.47. The number of hydrogen-bond acceptors (Lipinski definition) is 3. The molecule has 0 aliphatic heterocycles. The zero-order chi connectivity index (χ0) is 15.1. The lowest BCUT2D eigenvalue weighted by Gasteiger charge is -2.22. The first-order valence-corrected chi connectivity index (χ1v) is 6.23.